The number of anilines is 1. The van der Waals surface area contributed by atoms with Crippen LogP contribution in [0.25, 0.3) is 0 Å². The highest BCUT2D eigenvalue weighted by Crippen LogP contribution is 2.18. The summed E-state index contributed by atoms with van der Waals surface area (Å²) in [7, 11) is 0. The first-order valence-electron chi connectivity index (χ1n) is 5.81. The van der Waals surface area contributed by atoms with E-state index in [9.17, 15) is 4.79 Å². The van der Waals surface area contributed by atoms with E-state index in [2.05, 4.69) is 22.0 Å². The Morgan fingerprint density at radius 1 is 1.30 bits per heavy atom. The predicted molar refractivity (Wildman–Crippen MR) is 78.8 cm³/mol. The first-order chi connectivity index (χ1) is 9.60. The van der Waals surface area contributed by atoms with E-state index in [0.717, 1.165) is 0 Å². The molecule has 20 heavy (non-hydrogen) atoms. The van der Waals surface area contributed by atoms with E-state index in [0.29, 0.717) is 26.9 Å². The van der Waals surface area contributed by atoms with Crippen LogP contribution in [0.4, 0.5) is 5.69 Å². The molecule has 0 aliphatic rings. The molecule has 0 fully saturated rings. The number of hydrogen-bond donors (Lipinski definition) is 1. The van der Waals surface area contributed by atoms with Crippen molar-refractivity contribution in [3.05, 3.63) is 63.6 Å². The molecule has 100 valence electrons. The average molecular weight is 331 g/mol. The summed E-state index contributed by atoms with van der Waals surface area (Å²) in [6.45, 7) is 0.0506. The van der Waals surface area contributed by atoms with E-state index in [-0.39, 0.29) is 6.61 Å². The zero-order valence-electron chi connectivity index (χ0n) is 10.5. The number of nitrogens with zero attached hydrogens (tertiary/aromatic N) is 1. The van der Waals surface area contributed by atoms with E-state index in [1.54, 1.807) is 42.5 Å². The second-order valence-electron chi connectivity index (χ2n) is 4.12. The number of benzene rings is 2. The molecular formula is C15H11BrN2O2. The van der Waals surface area contributed by atoms with Crippen LogP contribution in [0.15, 0.2) is 46.9 Å². The monoisotopic (exact) mass is 330 g/mol. The summed E-state index contributed by atoms with van der Waals surface area (Å²) in [5.74, 6) is -0.481. The van der Waals surface area contributed by atoms with Gasteiger partial charge in [0, 0.05) is 15.7 Å². The zero-order valence-corrected chi connectivity index (χ0v) is 12.1. The molecule has 5 heteroatoms. The van der Waals surface area contributed by atoms with E-state index in [4.69, 9.17) is 15.7 Å². The van der Waals surface area contributed by atoms with Gasteiger partial charge in [-0.3, -0.25) is 0 Å². The van der Waals surface area contributed by atoms with Gasteiger partial charge in [0.1, 0.15) is 6.61 Å². The molecule has 2 aromatic carbocycles. The Morgan fingerprint density at radius 2 is 2.05 bits per heavy atom. The summed E-state index contributed by atoms with van der Waals surface area (Å²) in [4.78, 5) is 11.9. The number of carbonyl (C=O) groups excluding carboxylic acids is 1. The number of ether oxygens (including phenoxy) is 1. The molecule has 2 N–H and O–H groups in total. The van der Waals surface area contributed by atoms with Crippen molar-refractivity contribution in [3.63, 3.8) is 0 Å². The fourth-order valence-corrected chi connectivity index (χ4v) is 2.22. The number of hydrogen-bond acceptors (Lipinski definition) is 4. The van der Waals surface area contributed by atoms with Crippen molar-refractivity contribution in [2.24, 2.45) is 0 Å². The molecule has 4 nitrogen and oxygen atoms in total. The Morgan fingerprint density at radius 3 is 2.75 bits per heavy atom. The number of nitrogens with two attached hydrogens (primary N) is 1. The lowest BCUT2D eigenvalue weighted by molar-refractivity contribution is 0.0472. The van der Waals surface area contributed by atoms with Gasteiger partial charge in [-0.15, -0.1) is 0 Å². The lowest BCUT2D eigenvalue weighted by Gasteiger charge is -2.07. The van der Waals surface area contributed by atoms with Crippen LogP contribution >= 0.6 is 15.9 Å². The number of nitrogen functional groups attached to an aromatic ring is 1. The molecule has 0 bridgehead atoms. The molecule has 0 heterocycles. The predicted octanol–water partition coefficient (Wildman–Crippen LogP) is 3.26. The van der Waals surface area contributed by atoms with Gasteiger partial charge in [0.15, 0.2) is 0 Å². The number of esters is 1. The molecule has 2 rings (SSSR count). The fraction of sp³-hybridized carbons (Fsp3) is 0.0667. The Balaban J connectivity index is 2.11. The number of carbonyl (C=O) groups is 1. The van der Waals surface area contributed by atoms with Crippen molar-refractivity contribution in [2.45, 2.75) is 6.61 Å². The van der Waals surface area contributed by atoms with Gasteiger partial charge in [-0.2, -0.15) is 5.26 Å². The third-order valence-electron chi connectivity index (χ3n) is 2.65. The lowest BCUT2D eigenvalue weighted by Crippen LogP contribution is -2.06. The summed E-state index contributed by atoms with van der Waals surface area (Å²) < 4.78 is 5.91. The highest BCUT2D eigenvalue weighted by atomic mass is 79.9. The van der Waals surface area contributed by atoms with E-state index in [1.807, 2.05) is 0 Å². The van der Waals surface area contributed by atoms with Crippen molar-refractivity contribution in [1.82, 2.24) is 0 Å². The molecule has 0 aliphatic heterocycles. The topological polar surface area (TPSA) is 76.1 Å². The number of halogens is 1. The largest absolute Gasteiger partial charge is 0.457 e. The quantitative estimate of drug-likeness (QED) is 0.692. The SMILES string of the molecule is N#Cc1ccccc1COC(=O)c1cc(N)cc(Br)c1. The van der Waals surface area contributed by atoms with Gasteiger partial charge < -0.3 is 10.5 Å². The maximum absolute atomic E-state index is 11.9. The molecular weight excluding hydrogens is 320 g/mol. The molecule has 2 aromatic rings. The molecule has 0 atom stereocenters. The molecule has 0 radical (unpaired) electrons. The first-order valence-corrected chi connectivity index (χ1v) is 6.60. The van der Waals surface area contributed by atoms with Gasteiger partial charge in [0.25, 0.3) is 0 Å². The first kappa shape index (κ1) is 14.1. The lowest BCUT2D eigenvalue weighted by atomic mass is 10.1. The van der Waals surface area contributed by atoms with Gasteiger partial charge in [0.2, 0.25) is 0 Å². The van der Waals surface area contributed by atoms with Gasteiger partial charge in [-0.25, -0.2) is 4.79 Å². The van der Waals surface area contributed by atoms with Crippen molar-refractivity contribution in [2.75, 3.05) is 5.73 Å². The minimum absolute atomic E-state index is 0.0506. The minimum atomic E-state index is -0.481. The Labute approximate surface area is 124 Å². The zero-order chi connectivity index (χ0) is 14.5. The van der Waals surface area contributed by atoms with E-state index < -0.39 is 5.97 Å². The molecule has 0 saturated carbocycles. The van der Waals surface area contributed by atoms with Crippen LogP contribution in [0.1, 0.15) is 21.5 Å². The molecule has 0 aromatic heterocycles. The smallest absolute Gasteiger partial charge is 0.338 e. The standard InChI is InChI=1S/C15H11BrN2O2/c16-13-5-12(6-14(18)7-13)15(19)20-9-11-4-2-1-3-10(11)8-17/h1-7H,9,18H2. The van der Waals surface area contributed by atoms with E-state index >= 15 is 0 Å². The van der Waals surface area contributed by atoms with Crippen LogP contribution < -0.4 is 5.73 Å². The maximum Gasteiger partial charge on any atom is 0.338 e. The van der Waals surface area contributed by atoms with Gasteiger partial charge in [-0.1, -0.05) is 34.1 Å². The van der Waals surface area contributed by atoms with Gasteiger partial charge >= 0.3 is 5.97 Å². The molecule has 0 saturated heterocycles. The van der Waals surface area contributed by atoms with Crippen molar-refractivity contribution >= 4 is 27.6 Å². The molecule has 0 aliphatic carbocycles. The number of rotatable bonds is 3. The summed E-state index contributed by atoms with van der Waals surface area (Å²) >= 11 is 3.27. The van der Waals surface area contributed by atoms with Crippen LogP contribution in [-0.4, -0.2) is 5.97 Å². The number of nitriles is 1. The summed E-state index contributed by atoms with van der Waals surface area (Å²) in [5.41, 5.74) is 7.68. The van der Waals surface area contributed by atoms with Crippen molar-refractivity contribution in [1.29, 1.82) is 5.26 Å². The highest BCUT2D eigenvalue weighted by Gasteiger charge is 2.10. The van der Waals surface area contributed by atoms with Crippen molar-refractivity contribution in [3.8, 4) is 6.07 Å². The van der Waals surface area contributed by atoms with Gasteiger partial charge in [-0.05, 0) is 24.3 Å². The second-order valence-corrected chi connectivity index (χ2v) is 5.03. The average Bonchev–Trinajstić information content (AvgIpc) is 2.44. The Bertz CT molecular complexity index is 672. The Kier molecular flexibility index (Phi) is 4.38. The maximum atomic E-state index is 11.9. The minimum Gasteiger partial charge on any atom is -0.457 e. The normalized spacial score (nSPS) is 9.80. The highest BCUT2D eigenvalue weighted by molar-refractivity contribution is 9.10. The fourth-order valence-electron chi connectivity index (χ4n) is 1.71. The molecule has 0 spiro atoms. The Hall–Kier alpha value is -2.32. The summed E-state index contributed by atoms with van der Waals surface area (Å²) in [5, 5.41) is 8.96. The van der Waals surface area contributed by atoms with Crippen molar-refractivity contribution < 1.29 is 9.53 Å². The van der Waals surface area contributed by atoms with Crippen LogP contribution in [0.2, 0.25) is 0 Å². The summed E-state index contributed by atoms with van der Waals surface area (Å²) in [6.07, 6.45) is 0. The third kappa shape index (κ3) is 3.37. The van der Waals surface area contributed by atoms with Gasteiger partial charge in [0.05, 0.1) is 17.2 Å². The molecule has 0 unspecified atom stereocenters. The molecule has 0 amide bonds. The summed E-state index contributed by atoms with van der Waals surface area (Å²) in [6, 6.07) is 13.9. The van der Waals surface area contributed by atoms with Crippen LogP contribution in [0, 0.1) is 11.3 Å². The van der Waals surface area contributed by atoms with Crippen LogP contribution in [0.3, 0.4) is 0 Å². The third-order valence-corrected chi connectivity index (χ3v) is 3.11. The van der Waals surface area contributed by atoms with Crippen LogP contribution in [-0.2, 0) is 11.3 Å². The second kappa shape index (κ2) is 6.22. The van der Waals surface area contributed by atoms with Crippen LogP contribution in [0.5, 0.6) is 0 Å². The van der Waals surface area contributed by atoms with E-state index in [1.165, 1.54) is 0 Å².